The average Bonchev–Trinajstić information content (AvgIpc) is 3.75. The fourth-order valence-corrected chi connectivity index (χ4v) is 6.50. The van der Waals surface area contributed by atoms with Gasteiger partial charge in [-0.3, -0.25) is 0 Å². The molecule has 10 nitrogen and oxygen atoms in total. The maximum Gasteiger partial charge on any atom is 0.223 e. The molecule has 39 heavy (non-hydrogen) atoms. The zero-order valence-corrected chi connectivity index (χ0v) is 21.6. The number of halogens is 2. The van der Waals surface area contributed by atoms with Crippen LogP contribution in [0, 0.1) is 23.5 Å². The first-order valence-electron chi connectivity index (χ1n) is 13.6. The van der Waals surface area contributed by atoms with Crippen molar-refractivity contribution in [2.45, 2.75) is 36.6 Å². The van der Waals surface area contributed by atoms with Gasteiger partial charge in [0.1, 0.15) is 11.6 Å². The molecular formula is C27H33F2N7O3. The first kappa shape index (κ1) is 26.0. The highest BCUT2D eigenvalue weighted by Gasteiger charge is 2.49. The van der Waals surface area contributed by atoms with Gasteiger partial charge in [0.25, 0.3) is 0 Å². The van der Waals surface area contributed by atoms with Gasteiger partial charge >= 0.3 is 0 Å². The van der Waals surface area contributed by atoms with Crippen molar-refractivity contribution in [1.29, 1.82) is 0 Å². The first-order chi connectivity index (χ1) is 19.1. The minimum Gasteiger partial charge on any atom is -0.490 e. The van der Waals surface area contributed by atoms with Crippen LogP contribution in [0.5, 0.6) is 5.75 Å². The van der Waals surface area contributed by atoms with E-state index in [1.807, 2.05) is 0 Å². The quantitative estimate of drug-likeness (QED) is 0.373. The number of nitrogens with one attached hydrogen (secondary N) is 3. The van der Waals surface area contributed by atoms with Crippen LogP contribution in [-0.2, 0) is 10.2 Å². The fraction of sp³-hybridized carbons (Fsp3) is 0.556. The van der Waals surface area contributed by atoms with Crippen LogP contribution in [0.15, 0.2) is 41.3 Å². The summed E-state index contributed by atoms with van der Waals surface area (Å²) >= 11 is 0. The Balaban J connectivity index is 1.10. The highest BCUT2D eigenvalue weighted by molar-refractivity contribution is 5.34. The third-order valence-corrected chi connectivity index (χ3v) is 8.54. The highest BCUT2D eigenvalue weighted by atomic mass is 19.1. The van der Waals surface area contributed by atoms with E-state index < -0.39 is 11.6 Å². The lowest BCUT2D eigenvalue weighted by Crippen LogP contribution is -2.51. The molecule has 3 saturated heterocycles. The van der Waals surface area contributed by atoms with Crippen molar-refractivity contribution >= 4 is 5.95 Å². The van der Waals surface area contributed by atoms with Crippen LogP contribution >= 0.6 is 0 Å². The Kier molecular flexibility index (Phi) is 7.67. The Morgan fingerprint density at radius 2 is 2.00 bits per heavy atom. The Morgan fingerprint density at radius 3 is 2.79 bits per heavy atom. The summed E-state index contributed by atoms with van der Waals surface area (Å²) in [4.78, 5) is 8.83. The molecule has 3 aliphatic heterocycles. The van der Waals surface area contributed by atoms with Gasteiger partial charge in [-0.15, -0.1) is 5.10 Å². The summed E-state index contributed by atoms with van der Waals surface area (Å²) in [5.41, 5.74) is 0.0975. The third-order valence-electron chi connectivity index (χ3n) is 8.54. The molecule has 5 atom stereocenters. The van der Waals surface area contributed by atoms with Crippen molar-refractivity contribution in [3.8, 4) is 5.75 Å². The van der Waals surface area contributed by atoms with E-state index in [4.69, 9.17) is 14.0 Å². The van der Waals surface area contributed by atoms with Crippen LogP contribution in [0.25, 0.3) is 0 Å². The predicted octanol–water partition coefficient (Wildman–Crippen LogP) is 2.66. The normalized spacial score (nSPS) is 29.0. The second-order valence-corrected chi connectivity index (χ2v) is 10.6. The molecule has 0 saturated carbocycles. The molecule has 12 heteroatoms. The van der Waals surface area contributed by atoms with Gasteiger partial charge < -0.3 is 29.9 Å². The van der Waals surface area contributed by atoms with Crippen LogP contribution in [0.4, 0.5) is 14.7 Å². The summed E-state index contributed by atoms with van der Waals surface area (Å²) in [6.07, 6.45) is 7.66. The molecule has 5 heterocycles. The van der Waals surface area contributed by atoms with Crippen molar-refractivity contribution in [2.24, 2.45) is 11.8 Å². The Bertz CT molecular complexity index is 1230. The molecule has 3 aliphatic rings. The van der Waals surface area contributed by atoms with Gasteiger partial charge in [0, 0.05) is 48.9 Å². The van der Waals surface area contributed by atoms with E-state index in [9.17, 15) is 8.78 Å². The molecule has 3 aromatic rings. The van der Waals surface area contributed by atoms with E-state index in [1.165, 1.54) is 12.1 Å². The van der Waals surface area contributed by atoms with Crippen LogP contribution < -0.4 is 20.7 Å². The maximum absolute atomic E-state index is 14.4. The van der Waals surface area contributed by atoms with Crippen molar-refractivity contribution in [3.05, 3.63) is 59.7 Å². The number of nitrogens with zero attached hydrogens (tertiary/aromatic N) is 4. The molecular weight excluding hydrogens is 508 g/mol. The van der Waals surface area contributed by atoms with Crippen LogP contribution in [0.2, 0.25) is 0 Å². The maximum atomic E-state index is 14.4. The van der Waals surface area contributed by atoms with Crippen molar-refractivity contribution in [3.63, 3.8) is 0 Å². The number of piperidine rings is 1. The van der Waals surface area contributed by atoms with Gasteiger partial charge in [-0.25, -0.2) is 18.7 Å². The molecule has 2 unspecified atom stereocenters. The van der Waals surface area contributed by atoms with E-state index >= 15 is 0 Å². The summed E-state index contributed by atoms with van der Waals surface area (Å²) in [6.45, 7) is 4.87. The SMILES string of the molecule is Fc1ccc(F)c([C@H]2CNC[C@@H]2Nc2ncc(OCC[C@@]3(c4cnno4)CCNCC3C3CCOC3)cn2)c1. The van der Waals surface area contributed by atoms with Crippen LogP contribution in [0.3, 0.4) is 0 Å². The largest absolute Gasteiger partial charge is 0.490 e. The van der Waals surface area contributed by atoms with Gasteiger partial charge in [-0.05, 0) is 68.0 Å². The molecule has 2 aromatic heterocycles. The highest BCUT2D eigenvalue weighted by Crippen LogP contribution is 2.46. The monoisotopic (exact) mass is 541 g/mol. The molecule has 3 fully saturated rings. The second-order valence-electron chi connectivity index (χ2n) is 10.6. The molecule has 0 amide bonds. The van der Waals surface area contributed by atoms with Gasteiger partial charge in [-0.2, -0.15) is 0 Å². The van der Waals surface area contributed by atoms with Gasteiger partial charge in [0.2, 0.25) is 5.95 Å². The summed E-state index contributed by atoms with van der Waals surface area (Å²) in [7, 11) is 0. The lowest BCUT2D eigenvalue weighted by Gasteiger charge is -2.45. The lowest BCUT2D eigenvalue weighted by atomic mass is 9.62. The summed E-state index contributed by atoms with van der Waals surface area (Å²) in [5.74, 6) is 1.40. The summed E-state index contributed by atoms with van der Waals surface area (Å²) in [6, 6.07) is 3.37. The van der Waals surface area contributed by atoms with E-state index in [1.54, 1.807) is 18.6 Å². The standard InChI is InChI=1S/C27H33F2N7O3/c28-18-1-2-23(29)20(9-18)21-12-31-14-24(21)35-26-32-10-19(11-33-26)38-8-5-27(25-15-34-36-39-25)4-6-30-13-22(27)17-3-7-37-16-17/h1-2,9-11,15,17,21-22,24,30-31H,3-8,12-14,16H2,(H,32,33,35)/t17?,21-,22?,24+,27+/m1/s1. The number of benzene rings is 1. The molecule has 208 valence electrons. The molecule has 3 N–H and O–H groups in total. The molecule has 0 radical (unpaired) electrons. The Labute approximate surface area is 225 Å². The van der Waals surface area contributed by atoms with Gasteiger partial charge in [-0.1, -0.05) is 0 Å². The molecule has 1 aromatic carbocycles. The lowest BCUT2D eigenvalue weighted by molar-refractivity contribution is 0.0707. The van der Waals surface area contributed by atoms with Crippen molar-refractivity contribution in [1.82, 2.24) is 31.0 Å². The summed E-state index contributed by atoms with van der Waals surface area (Å²) in [5, 5.41) is 17.8. The van der Waals surface area contributed by atoms with E-state index in [0.29, 0.717) is 48.8 Å². The number of hydrogen-bond acceptors (Lipinski definition) is 10. The summed E-state index contributed by atoms with van der Waals surface area (Å²) < 4.78 is 45.6. The topological polar surface area (TPSA) is 119 Å². The van der Waals surface area contributed by atoms with Crippen LogP contribution in [-0.4, -0.2) is 72.4 Å². The number of aromatic nitrogens is 4. The number of hydrogen-bond donors (Lipinski definition) is 3. The molecule has 0 spiro atoms. The molecule has 6 rings (SSSR count). The van der Waals surface area contributed by atoms with E-state index in [0.717, 1.165) is 57.4 Å². The Hall–Kier alpha value is -3.22. The van der Waals surface area contributed by atoms with E-state index in [-0.39, 0.29) is 17.4 Å². The number of ether oxygens (including phenoxy) is 2. The third kappa shape index (κ3) is 5.45. The first-order valence-corrected chi connectivity index (χ1v) is 13.6. The second kappa shape index (κ2) is 11.5. The average molecular weight is 542 g/mol. The number of rotatable bonds is 9. The van der Waals surface area contributed by atoms with Crippen LogP contribution in [0.1, 0.15) is 36.5 Å². The van der Waals surface area contributed by atoms with Crippen molar-refractivity contribution < 1.29 is 22.8 Å². The minimum atomic E-state index is -0.455. The molecule has 0 aliphatic carbocycles. The Morgan fingerprint density at radius 1 is 1.10 bits per heavy atom. The smallest absolute Gasteiger partial charge is 0.223 e. The fourth-order valence-electron chi connectivity index (χ4n) is 6.50. The minimum absolute atomic E-state index is 0.181. The van der Waals surface area contributed by atoms with Gasteiger partial charge in [0.15, 0.2) is 11.5 Å². The number of anilines is 1. The molecule has 0 bridgehead atoms. The van der Waals surface area contributed by atoms with Gasteiger partial charge in [0.05, 0.1) is 25.2 Å². The predicted molar refractivity (Wildman–Crippen MR) is 137 cm³/mol. The van der Waals surface area contributed by atoms with E-state index in [2.05, 4.69) is 36.3 Å². The van der Waals surface area contributed by atoms with Crippen molar-refractivity contribution in [2.75, 3.05) is 51.3 Å². The zero-order valence-electron chi connectivity index (χ0n) is 21.6. The zero-order chi connectivity index (χ0) is 26.7.